The first-order chi connectivity index (χ1) is 10.6. The van der Waals surface area contributed by atoms with Crippen molar-refractivity contribution in [1.82, 2.24) is 5.32 Å². The molecule has 2 rings (SSSR count). The van der Waals surface area contributed by atoms with E-state index in [1.165, 1.54) is 0 Å². The Hall–Kier alpha value is -2.04. The second-order valence-electron chi connectivity index (χ2n) is 5.37. The molecule has 0 aliphatic heterocycles. The summed E-state index contributed by atoms with van der Waals surface area (Å²) in [6.07, 6.45) is 0.273. The molecule has 0 fully saturated rings. The summed E-state index contributed by atoms with van der Waals surface area (Å²) in [5.41, 5.74) is 0.790. The summed E-state index contributed by atoms with van der Waals surface area (Å²) < 4.78 is 5.65. The molecule has 0 aliphatic carbocycles. The highest BCUT2D eigenvalue weighted by Gasteiger charge is 2.09. The number of phenols is 1. The fraction of sp³-hybridized carbons (Fsp3) is 0.333. The van der Waals surface area contributed by atoms with Gasteiger partial charge in [0.2, 0.25) is 0 Å². The highest BCUT2D eigenvalue weighted by molar-refractivity contribution is 5.27. The zero-order valence-corrected chi connectivity index (χ0v) is 12.8. The molecule has 0 aromatic heterocycles. The molecule has 0 saturated heterocycles. The van der Waals surface area contributed by atoms with Crippen LogP contribution in [0.5, 0.6) is 11.5 Å². The van der Waals surface area contributed by atoms with Gasteiger partial charge in [0.1, 0.15) is 11.5 Å². The maximum atomic E-state index is 10.1. The lowest BCUT2D eigenvalue weighted by Crippen LogP contribution is -2.31. The molecule has 22 heavy (non-hydrogen) atoms. The van der Waals surface area contributed by atoms with E-state index in [-0.39, 0.29) is 11.8 Å². The van der Waals surface area contributed by atoms with Gasteiger partial charge >= 0.3 is 0 Å². The third kappa shape index (κ3) is 5.39. The van der Waals surface area contributed by atoms with Crippen molar-refractivity contribution in [2.45, 2.75) is 25.5 Å². The summed E-state index contributed by atoms with van der Waals surface area (Å²) in [4.78, 5) is 0. The van der Waals surface area contributed by atoms with Crippen molar-refractivity contribution in [2.24, 2.45) is 0 Å². The largest absolute Gasteiger partial charge is 0.508 e. The summed E-state index contributed by atoms with van der Waals surface area (Å²) in [6.45, 7) is 3.17. The molecule has 0 spiro atoms. The van der Waals surface area contributed by atoms with Crippen molar-refractivity contribution in [1.29, 1.82) is 0 Å². The van der Waals surface area contributed by atoms with Gasteiger partial charge in [-0.05, 0) is 43.2 Å². The van der Waals surface area contributed by atoms with E-state index in [0.717, 1.165) is 17.7 Å². The Bertz CT molecular complexity index is 542. The first-order valence-electron chi connectivity index (χ1n) is 7.53. The van der Waals surface area contributed by atoms with Crippen LogP contribution in [0.1, 0.15) is 25.0 Å². The van der Waals surface area contributed by atoms with Gasteiger partial charge in [0.25, 0.3) is 0 Å². The van der Waals surface area contributed by atoms with Crippen LogP contribution in [0.15, 0.2) is 54.6 Å². The van der Waals surface area contributed by atoms with E-state index in [2.05, 4.69) is 12.2 Å². The first-order valence-corrected chi connectivity index (χ1v) is 7.53. The lowest BCUT2D eigenvalue weighted by molar-refractivity contribution is 0.167. The normalized spacial score (nSPS) is 13.5. The number of hydrogen-bond donors (Lipinski definition) is 3. The van der Waals surface area contributed by atoms with E-state index in [4.69, 9.17) is 4.74 Å². The zero-order chi connectivity index (χ0) is 15.8. The number of aromatic hydroxyl groups is 1. The smallest absolute Gasteiger partial charge is 0.119 e. The molecule has 2 atom stereocenters. The van der Waals surface area contributed by atoms with E-state index < -0.39 is 6.10 Å². The summed E-state index contributed by atoms with van der Waals surface area (Å²) >= 11 is 0. The fourth-order valence-electron chi connectivity index (χ4n) is 2.10. The molecule has 4 heteroatoms. The second-order valence-corrected chi connectivity index (χ2v) is 5.37. The van der Waals surface area contributed by atoms with Gasteiger partial charge in [-0.25, -0.2) is 0 Å². The van der Waals surface area contributed by atoms with Crippen LogP contribution in [0.25, 0.3) is 0 Å². The third-order valence-electron chi connectivity index (χ3n) is 3.50. The molecular formula is C18H23NO3. The number of rotatable bonds is 8. The molecule has 0 saturated carbocycles. The van der Waals surface area contributed by atoms with Gasteiger partial charge in [-0.15, -0.1) is 0 Å². The predicted molar refractivity (Wildman–Crippen MR) is 87.1 cm³/mol. The number of aliphatic hydroxyl groups excluding tert-OH is 1. The highest BCUT2D eigenvalue weighted by atomic mass is 16.5. The second kappa shape index (κ2) is 8.41. The molecular weight excluding hydrogens is 278 g/mol. The minimum Gasteiger partial charge on any atom is -0.508 e. The molecule has 4 nitrogen and oxygen atoms in total. The Balaban J connectivity index is 1.66. The van der Waals surface area contributed by atoms with E-state index in [1.807, 2.05) is 30.3 Å². The van der Waals surface area contributed by atoms with Gasteiger partial charge in [-0.2, -0.15) is 0 Å². The van der Waals surface area contributed by atoms with Gasteiger partial charge in [0, 0.05) is 12.6 Å². The summed E-state index contributed by atoms with van der Waals surface area (Å²) in [7, 11) is 0. The maximum absolute atomic E-state index is 10.1. The lowest BCUT2D eigenvalue weighted by atomic mass is 10.1. The van der Waals surface area contributed by atoms with E-state index in [0.29, 0.717) is 13.2 Å². The average molecular weight is 301 g/mol. The Morgan fingerprint density at radius 3 is 2.41 bits per heavy atom. The number of benzene rings is 2. The van der Waals surface area contributed by atoms with Crippen LogP contribution in [0.2, 0.25) is 0 Å². The Kier molecular flexibility index (Phi) is 6.25. The molecule has 2 aromatic carbocycles. The Labute approximate surface area is 131 Å². The molecule has 2 unspecified atom stereocenters. The van der Waals surface area contributed by atoms with Gasteiger partial charge in [0.15, 0.2) is 0 Å². The molecule has 0 bridgehead atoms. The zero-order valence-electron chi connectivity index (χ0n) is 12.8. The minimum absolute atomic E-state index is 0.204. The number of aliphatic hydroxyl groups is 1. The molecule has 2 aromatic rings. The van der Waals surface area contributed by atoms with Crippen molar-refractivity contribution in [2.75, 3.05) is 13.2 Å². The van der Waals surface area contributed by atoms with Crippen LogP contribution in [0.4, 0.5) is 0 Å². The monoisotopic (exact) mass is 301 g/mol. The number of hydrogen-bond acceptors (Lipinski definition) is 4. The van der Waals surface area contributed by atoms with E-state index in [9.17, 15) is 10.2 Å². The third-order valence-corrected chi connectivity index (χ3v) is 3.50. The van der Waals surface area contributed by atoms with Crippen LogP contribution in [0, 0.1) is 0 Å². The molecule has 118 valence electrons. The number of para-hydroxylation sites is 1. The number of nitrogens with one attached hydrogen (secondary N) is 1. The number of ether oxygens (including phenoxy) is 1. The molecule has 0 aliphatic rings. The molecule has 3 N–H and O–H groups in total. The Morgan fingerprint density at radius 1 is 1.05 bits per heavy atom. The van der Waals surface area contributed by atoms with Crippen molar-refractivity contribution in [3.8, 4) is 11.5 Å². The minimum atomic E-state index is -0.585. The lowest BCUT2D eigenvalue weighted by Gasteiger charge is -2.17. The maximum Gasteiger partial charge on any atom is 0.119 e. The first kappa shape index (κ1) is 16.3. The molecule has 0 amide bonds. The van der Waals surface area contributed by atoms with Crippen molar-refractivity contribution < 1.29 is 14.9 Å². The number of phenolic OH excluding ortho intramolecular Hbond substituents is 1. The molecule has 0 heterocycles. The highest BCUT2D eigenvalue weighted by Crippen LogP contribution is 2.16. The fourth-order valence-corrected chi connectivity index (χ4v) is 2.10. The van der Waals surface area contributed by atoms with Crippen LogP contribution < -0.4 is 10.1 Å². The topological polar surface area (TPSA) is 61.7 Å². The standard InChI is InChI=1S/C18H23NO3/c1-14(11-12-22-17-5-3-2-4-6-17)19-13-18(21)15-7-9-16(20)10-8-15/h2-10,14,18-21H,11-13H2,1H3. The average Bonchev–Trinajstić information content (AvgIpc) is 2.54. The van der Waals surface area contributed by atoms with Gasteiger partial charge in [-0.1, -0.05) is 30.3 Å². The van der Waals surface area contributed by atoms with Crippen LogP contribution in [-0.2, 0) is 0 Å². The van der Waals surface area contributed by atoms with Gasteiger partial charge in [-0.3, -0.25) is 0 Å². The summed E-state index contributed by atoms with van der Waals surface area (Å²) in [5.74, 6) is 1.08. The van der Waals surface area contributed by atoms with Crippen molar-refractivity contribution in [3.63, 3.8) is 0 Å². The predicted octanol–water partition coefficient (Wildman–Crippen LogP) is 2.87. The van der Waals surface area contributed by atoms with Crippen molar-refractivity contribution >= 4 is 0 Å². The van der Waals surface area contributed by atoms with E-state index in [1.54, 1.807) is 24.3 Å². The van der Waals surface area contributed by atoms with Crippen LogP contribution in [-0.4, -0.2) is 29.4 Å². The van der Waals surface area contributed by atoms with E-state index >= 15 is 0 Å². The van der Waals surface area contributed by atoms with Crippen molar-refractivity contribution in [3.05, 3.63) is 60.2 Å². The quantitative estimate of drug-likeness (QED) is 0.701. The van der Waals surface area contributed by atoms with Crippen LogP contribution >= 0.6 is 0 Å². The van der Waals surface area contributed by atoms with Crippen LogP contribution in [0.3, 0.4) is 0 Å². The summed E-state index contributed by atoms with van der Waals surface area (Å²) in [6, 6.07) is 16.6. The summed E-state index contributed by atoms with van der Waals surface area (Å²) in [5, 5.41) is 22.6. The van der Waals surface area contributed by atoms with Gasteiger partial charge in [0.05, 0.1) is 12.7 Å². The SMILES string of the molecule is CC(CCOc1ccccc1)NCC(O)c1ccc(O)cc1. The molecule has 0 radical (unpaired) electrons. The van der Waals surface area contributed by atoms with Gasteiger partial charge < -0.3 is 20.3 Å². The Morgan fingerprint density at radius 2 is 1.73 bits per heavy atom.